The van der Waals surface area contributed by atoms with E-state index in [9.17, 15) is 4.79 Å². The lowest BCUT2D eigenvalue weighted by molar-refractivity contribution is -0.125. The molecule has 0 saturated carbocycles. The molecule has 172 valence electrons. The van der Waals surface area contributed by atoms with Crippen molar-refractivity contribution in [3.8, 4) is 11.3 Å². The zero-order valence-electron chi connectivity index (χ0n) is 19.4. The van der Waals surface area contributed by atoms with Crippen molar-refractivity contribution in [1.82, 2.24) is 24.8 Å². The van der Waals surface area contributed by atoms with Gasteiger partial charge in [-0.15, -0.1) is 5.10 Å². The molecule has 1 amide bonds. The summed E-state index contributed by atoms with van der Waals surface area (Å²) in [6.45, 7) is 12.1. The number of carbonyl (C=O) groups is 1. The van der Waals surface area contributed by atoms with Crippen LogP contribution in [0.5, 0.6) is 0 Å². The lowest BCUT2D eigenvalue weighted by Gasteiger charge is -2.30. The minimum atomic E-state index is 0.108. The van der Waals surface area contributed by atoms with E-state index in [-0.39, 0.29) is 11.8 Å². The van der Waals surface area contributed by atoms with Crippen molar-refractivity contribution in [3.63, 3.8) is 0 Å². The highest BCUT2D eigenvalue weighted by atomic mass is 32.1. The quantitative estimate of drug-likeness (QED) is 0.498. The van der Waals surface area contributed by atoms with Gasteiger partial charge in [-0.2, -0.15) is 0 Å². The highest BCUT2D eigenvalue weighted by molar-refractivity contribution is 7.20. The Balaban J connectivity index is 1.27. The van der Waals surface area contributed by atoms with E-state index in [1.807, 2.05) is 10.7 Å². The average Bonchev–Trinajstić information content (AvgIpc) is 3.39. The first kappa shape index (κ1) is 22.7. The number of imidazole rings is 1. The monoisotopic (exact) mass is 454 g/mol. The van der Waals surface area contributed by atoms with Gasteiger partial charge in [0, 0.05) is 31.1 Å². The molecule has 0 radical (unpaired) electrons. The lowest BCUT2D eigenvalue weighted by Crippen LogP contribution is -2.41. The van der Waals surface area contributed by atoms with Gasteiger partial charge in [0.25, 0.3) is 0 Å². The first-order valence-electron chi connectivity index (χ1n) is 11.8. The maximum absolute atomic E-state index is 12.5. The molecule has 1 saturated heterocycles. The number of anilines is 1. The van der Waals surface area contributed by atoms with Crippen LogP contribution < -0.4 is 10.2 Å². The maximum Gasteiger partial charge on any atom is 0.223 e. The summed E-state index contributed by atoms with van der Waals surface area (Å²) in [5.41, 5.74) is 3.30. The Labute approximate surface area is 194 Å². The number of rotatable bonds is 9. The Hall–Kier alpha value is -2.45. The Kier molecular flexibility index (Phi) is 7.42. The van der Waals surface area contributed by atoms with Gasteiger partial charge in [-0.25, -0.2) is 9.50 Å². The molecule has 1 aliphatic rings. The summed E-state index contributed by atoms with van der Waals surface area (Å²) in [5, 5.41) is 8.89. The number of hydrogen-bond donors (Lipinski definition) is 1. The van der Waals surface area contributed by atoms with Crippen LogP contribution in [-0.2, 0) is 4.79 Å². The number of benzene rings is 1. The Morgan fingerprint density at radius 3 is 2.56 bits per heavy atom. The molecule has 0 spiro atoms. The van der Waals surface area contributed by atoms with Crippen LogP contribution >= 0.6 is 11.3 Å². The van der Waals surface area contributed by atoms with E-state index in [1.165, 1.54) is 5.56 Å². The minimum absolute atomic E-state index is 0.108. The Bertz CT molecular complexity index is 983. The van der Waals surface area contributed by atoms with Gasteiger partial charge < -0.3 is 15.1 Å². The molecule has 1 aliphatic heterocycles. The molecule has 0 unspecified atom stereocenters. The van der Waals surface area contributed by atoms with Crippen molar-refractivity contribution >= 4 is 27.3 Å². The van der Waals surface area contributed by atoms with E-state index in [0.717, 1.165) is 79.9 Å². The van der Waals surface area contributed by atoms with Gasteiger partial charge in [0.2, 0.25) is 16.0 Å². The van der Waals surface area contributed by atoms with Crippen molar-refractivity contribution in [2.75, 3.05) is 44.2 Å². The molecule has 2 aromatic heterocycles. The van der Waals surface area contributed by atoms with Crippen LogP contribution in [0.25, 0.3) is 16.2 Å². The van der Waals surface area contributed by atoms with Crippen LogP contribution in [0.15, 0.2) is 30.5 Å². The van der Waals surface area contributed by atoms with Crippen LogP contribution in [0.3, 0.4) is 0 Å². The molecule has 3 aromatic rings. The van der Waals surface area contributed by atoms with Gasteiger partial charge in [-0.05, 0) is 45.8 Å². The Morgan fingerprint density at radius 2 is 1.91 bits per heavy atom. The molecule has 1 aromatic carbocycles. The van der Waals surface area contributed by atoms with Crippen molar-refractivity contribution in [3.05, 3.63) is 36.0 Å². The topological polar surface area (TPSA) is 65.8 Å². The number of amides is 1. The molecule has 7 nitrogen and oxygen atoms in total. The molecule has 32 heavy (non-hydrogen) atoms. The number of hydrogen-bond acceptors (Lipinski definition) is 6. The number of carbonyl (C=O) groups excluding carboxylic acids is 1. The van der Waals surface area contributed by atoms with E-state index in [1.54, 1.807) is 11.3 Å². The molecule has 1 N–H and O–H groups in total. The summed E-state index contributed by atoms with van der Waals surface area (Å²) in [7, 11) is 0. The molecule has 1 fully saturated rings. The maximum atomic E-state index is 12.5. The number of aryl methyl sites for hydroxylation is 1. The molecule has 0 aliphatic carbocycles. The van der Waals surface area contributed by atoms with Gasteiger partial charge in [0.05, 0.1) is 11.9 Å². The zero-order valence-corrected chi connectivity index (χ0v) is 20.2. The summed E-state index contributed by atoms with van der Waals surface area (Å²) in [4.78, 5) is 22.9. The number of aromatic nitrogens is 3. The van der Waals surface area contributed by atoms with E-state index in [0.29, 0.717) is 0 Å². The summed E-state index contributed by atoms with van der Waals surface area (Å²) in [5.74, 6) is 0.317. The predicted molar refractivity (Wildman–Crippen MR) is 131 cm³/mol. The number of piperidine rings is 1. The van der Waals surface area contributed by atoms with E-state index >= 15 is 0 Å². The third kappa shape index (κ3) is 5.30. The summed E-state index contributed by atoms with van der Waals surface area (Å²) < 4.78 is 1.88. The van der Waals surface area contributed by atoms with Crippen LogP contribution in [0, 0.1) is 12.8 Å². The fraction of sp³-hybridized carbons (Fsp3) is 0.542. The molecule has 0 bridgehead atoms. The smallest absolute Gasteiger partial charge is 0.223 e. The van der Waals surface area contributed by atoms with Gasteiger partial charge in [-0.1, -0.05) is 55.0 Å². The third-order valence-electron chi connectivity index (χ3n) is 6.36. The zero-order chi connectivity index (χ0) is 22.5. The first-order chi connectivity index (χ1) is 15.6. The number of nitrogens with zero attached hydrogens (tertiary/aromatic N) is 5. The van der Waals surface area contributed by atoms with Crippen molar-refractivity contribution in [2.24, 2.45) is 5.92 Å². The highest BCUT2D eigenvalue weighted by Gasteiger charge is 2.26. The second-order valence-corrected chi connectivity index (χ2v) is 9.47. The van der Waals surface area contributed by atoms with Gasteiger partial charge in [-0.3, -0.25) is 4.79 Å². The summed E-state index contributed by atoms with van der Waals surface area (Å²) >= 11 is 1.62. The molecule has 8 heteroatoms. The lowest BCUT2D eigenvalue weighted by atomic mass is 9.96. The average molecular weight is 455 g/mol. The molecule has 0 atom stereocenters. The largest absolute Gasteiger partial charge is 0.356 e. The SMILES string of the molecule is CCN(CC)CCCNC(=O)C1CCN(c2nn3cc(-c4ccc(C)cc4)nc3s2)CC1. The van der Waals surface area contributed by atoms with Crippen LogP contribution in [-0.4, -0.2) is 64.7 Å². The molecule has 4 rings (SSSR count). The van der Waals surface area contributed by atoms with Crippen molar-refractivity contribution in [2.45, 2.75) is 40.0 Å². The van der Waals surface area contributed by atoms with Gasteiger partial charge in [0.1, 0.15) is 0 Å². The van der Waals surface area contributed by atoms with E-state index in [4.69, 9.17) is 10.1 Å². The van der Waals surface area contributed by atoms with Crippen LogP contribution in [0.4, 0.5) is 5.13 Å². The third-order valence-corrected chi connectivity index (χ3v) is 7.34. The summed E-state index contributed by atoms with van der Waals surface area (Å²) in [6.07, 6.45) is 4.75. The summed E-state index contributed by atoms with van der Waals surface area (Å²) in [6, 6.07) is 8.41. The minimum Gasteiger partial charge on any atom is -0.356 e. The van der Waals surface area contributed by atoms with Crippen LogP contribution in [0.1, 0.15) is 38.7 Å². The normalized spacial score (nSPS) is 15.1. The first-order valence-corrected chi connectivity index (χ1v) is 12.6. The highest BCUT2D eigenvalue weighted by Crippen LogP contribution is 2.29. The molecular formula is C24H34N6OS. The van der Waals surface area contributed by atoms with E-state index in [2.05, 4.69) is 60.2 Å². The standard InChI is InChI=1S/C24H34N6OS/c1-4-28(5-2)14-6-13-25-22(31)20-11-15-29(16-12-20)24-27-30-17-21(26-23(30)32-24)19-9-7-18(3)8-10-19/h7-10,17,20H,4-6,11-16H2,1-3H3,(H,25,31). The van der Waals surface area contributed by atoms with Crippen LogP contribution in [0.2, 0.25) is 0 Å². The second-order valence-electron chi connectivity index (χ2n) is 8.54. The number of fused-ring (bicyclic) bond motifs is 1. The number of nitrogens with one attached hydrogen (secondary N) is 1. The van der Waals surface area contributed by atoms with Gasteiger partial charge in [0.15, 0.2) is 0 Å². The van der Waals surface area contributed by atoms with Crippen molar-refractivity contribution < 1.29 is 4.79 Å². The fourth-order valence-electron chi connectivity index (χ4n) is 4.21. The van der Waals surface area contributed by atoms with Gasteiger partial charge >= 0.3 is 0 Å². The predicted octanol–water partition coefficient (Wildman–Crippen LogP) is 3.83. The molecule has 3 heterocycles. The fourth-order valence-corrected chi connectivity index (χ4v) is 5.15. The van der Waals surface area contributed by atoms with Crippen molar-refractivity contribution in [1.29, 1.82) is 0 Å². The second kappa shape index (κ2) is 10.4. The Morgan fingerprint density at radius 1 is 1.19 bits per heavy atom. The molecular weight excluding hydrogens is 420 g/mol. The van der Waals surface area contributed by atoms with E-state index < -0.39 is 0 Å².